The maximum atomic E-state index is 11.6. The monoisotopic (exact) mass is 322 g/mol. The first-order valence-corrected chi connectivity index (χ1v) is 8.21. The van der Waals surface area contributed by atoms with E-state index in [1.165, 1.54) is 0 Å². The molecule has 0 bridgehead atoms. The molecule has 22 heavy (non-hydrogen) atoms. The SMILES string of the molecule is O=[PH](OCCc1ccc(O)cc1)OCCc1ccc(O)cc1. The zero-order valence-electron chi connectivity index (χ0n) is 12.1. The highest BCUT2D eigenvalue weighted by molar-refractivity contribution is 7.33. The Kier molecular flexibility index (Phi) is 6.46. The second kappa shape index (κ2) is 8.59. The van der Waals surface area contributed by atoms with Gasteiger partial charge in [-0.3, -0.25) is 4.57 Å². The van der Waals surface area contributed by atoms with Gasteiger partial charge in [0.25, 0.3) is 0 Å². The van der Waals surface area contributed by atoms with E-state index in [1.54, 1.807) is 48.5 Å². The highest BCUT2D eigenvalue weighted by Gasteiger charge is 2.02. The Bertz CT molecular complexity index is 541. The molecule has 0 radical (unpaired) electrons. The minimum absolute atomic E-state index is 0.218. The predicted molar refractivity (Wildman–Crippen MR) is 84.5 cm³/mol. The minimum atomic E-state index is -2.49. The fourth-order valence-electron chi connectivity index (χ4n) is 1.87. The van der Waals surface area contributed by atoms with Gasteiger partial charge in [0.05, 0.1) is 13.2 Å². The van der Waals surface area contributed by atoms with Gasteiger partial charge in [-0.2, -0.15) is 0 Å². The Morgan fingerprint density at radius 3 is 1.45 bits per heavy atom. The summed E-state index contributed by atoms with van der Waals surface area (Å²) < 4.78 is 21.9. The molecule has 0 amide bonds. The van der Waals surface area contributed by atoms with Crippen molar-refractivity contribution in [3.63, 3.8) is 0 Å². The van der Waals surface area contributed by atoms with Crippen LogP contribution in [0.3, 0.4) is 0 Å². The number of benzene rings is 2. The van der Waals surface area contributed by atoms with Gasteiger partial charge in [-0.05, 0) is 48.2 Å². The molecule has 0 saturated carbocycles. The number of aromatic hydroxyl groups is 2. The van der Waals surface area contributed by atoms with Crippen molar-refractivity contribution >= 4 is 8.25 Å². The van der Waals surface area contributed by atoms with Gasteiger partial charge in [0.15, 0.2) is 0 Å². The molecule has 6 heteroatoms. The van der Waals surface area contributed by atoms with Crippen LogP contribution >= 0.6 is 8.25 Å². The van der Waals surface area contributed by atoms with Crippen LogP contribution in [0.15, 0.2) is 48.5 Å². The first-order chi connectivity index (χ1) is 10.6. The van der Waals surface area contributed by atoms with Gasteiger partial charge in [0, 0.05) is 0 Å². The van der Waals surface area contributed by atoms with Crippen LogP contribution in [0.4, 0.5) is 0 Å². The molecule has 2 aromatic carbocycles. The maximum Gasteiger partial charge on any atom is 0.319 e. The lowest BCUT2D eigenvalue weighted by Crippen LogP contribution is -1.97. The van der Waals surface area contributed by atoms with E-state index in [4.69, 9.17) is 19.3 Å². The highest BCUT2D eigenvalue weighted by atomic mass is 31.1. The fourth-order valence-corrected chi connectivity index (χ4v) is 2.49. The average molecular weight is 322 g/mol. The van der Waals surface area contributed by atoms with Crippen molar-refractivity contribution < 1.29 is 23.8 Å². The van der Waals surface area contributed by atoms with E-state index in [-0.39, 0.29) is 11.5 Å². The first-order valence-electron chi connectivity index (χ1n) is 6.99. The van der Waals surface area contributed by atoms with Crippen LogP contribution in [0.2, 0.25) is 0 Å². The lowest BCUT2D eigenvalue weighted by atomic mass is 10.2. The summed E-state index contributed by atoms with van der Waals surface area (Å²) in [6.45, 7) is 0.615. The van der Waals surface area contributed by atoms with Crippen LogP contribution in [0.1, 0.15) is 11.1 Å². The molecule has 0 aliphatic rings. The Morgan fingerprint density at radius 2 is 1.09 bits per heavy atom. The summed E-state index contributed by atoms with van der Waals surface area (Å²) >= 11 is 0. The van der Waals surface area contributed by atoms with E-state index in [9.17, 15) is 4.57 Å². The molecule has 2 aromatic rings. The molecule has 0 fully saturated rings. The zero-order chi connectivity index (χ0) is 15.8. The molecule has 0 unspecified atom stereocenters. The third-order valence-electron chi connectivity index (χ3n) is 3.09. The second-order valence-corrected chi connectivity index (χ2v) is 5.86. The van der Waals surface area contributed by atoms with Crippen molar-refractivity contribution in [2.45, 2.75) is 12.8 Å². The summed E-state index contributed by atoms with van der Waals surface area (Å²) in [5.41, 5.74) is 1.99. The van der Waals surface area contributed by atoms with E-state index < -0.39 is 8.25 Å². The smallest absolute Gasteiger partial charge is 0.319 e. The number of phenols is 2. The Balaban J connectivity index is 1.61. The third kappa shape index (κ3) is 5.90. The van der Waals surface area contributed by atoms with Crippen LogP contribution in [-0.4, -0.2) is 23.4 Å². The fraction of sp³-hybridized carbons (Fsp3) is 0.250. The Labute approximate surface area is 130 Å². The van der Waals surface area contributed by atoms with Crippen LogP contribution in [0, 0.1) is 0 Å². The van der Waals surface area contributed by atoms with Gasteiger partial charge >= 0.3 is 8.25 Å². The first kappa shape index (κ1) is 16.6. The molecule has 2 rings (SSSR count). The minimum Gasteiger partial charge on any atom is -0.508 e. The molecule has 0 atom stereocenters. The van der Waals surface area contributed by atoms with Crippen LogP contribution in [0.5, 0.6) is 11.5 Å². The van der Waals surface area contributed by atoms with E-state index >= 15 is 0 Å². The van der Waals surface area contributed by atoms with E-state index in [0.717, 1.165) is 11.1 Å². The standard InChI is InChI=1S/C16H19O5P/c17-15-5-1-13(2-6-15)9-11-20-22(19)21-12-10-14-3-7-16(18)8-4-14/h1-8,17-18,22H,9-12H2. The lowest BCUT2D eigenvalue weighted by molar-refractivity contribution is 0.229. The van der Waals surface area contributed by atoms with Crippen molar-refractivity contribution in [3.8, 4) is 11.5 Å². The van der Waals surface area contributed by atoms with E-state index in [1.807, 2.05) is 0 Å². The van der Waals surface area contributed by atoms with Crippen molar-refractivity contribution in [2.24, 2.45) is 0 Å². The van der Waals surface area contributed by atoms with E-state index in [2.05, 4.69) is 0 Å². The van der Waals surface area contributed by atoms with Crippen LogP contribution in [-0.2, 0) is 26.5 Å². The molecular weight excluding hydrogens is 303 g/mol. The number of phenolic OH excluding ortho intramolecular Hbond substituents is 2. The topological polar surface area (TPSA) is 76.0 Å². The molecule has 0 saturated heterocycles. The van der Waals surface area contributed by atoms with E-state index in [0.29, 0.717) is 26.1 Å². The van der Waals surface area contributed by atoms with Crippen LogP contribution < -0.4 is 0 Å². The number of hydrogen-bond acceptors (Lipinski definition) is 5. The lowest BCUT2D eigenvalue weighted by Gasteiger charge is -2.06. The summed E-state index contributed by atoms with van der Waals surface area (Å²) in [7, 11) is -2.49. The molecule has 2 N–H and O–H groups in total. The van der Waals surface area contributed by atoms with Crippen molar-refractivity contribution in [1.29, 1.82) is 0 Å². The molecule has 5 nitrogen and oxygen atoms in total. The Hall–Kier alpha value is -1.81. The summed E-state index contributed by atoms with van der Waals surface area (Å²) in [6.07, 6.45) is 1.22. The molecule has 0 aliphatic heterocycles. The van der Waals surface area contributed by atoms with Crippen LogP contribution in [0.25, 0.3) is 0 Å². The number of rotatable bonds is 8. The van der Waals surface area contributed by atoms with Gasteiger partial charge < -0.3 is 19.3 Å². The maximum absolute atomic E-state index is 11.6. The predicted octanol–water partition coefficient (Wildman–Crippen LogP) is 3.31. The zero-order valence-corrected chi connectivity index (χ0v) is 13.1. The molecule has 0 heterocycles. The molecule has 0 aromatic heterocycles. The Morgan fingerprint density at radius 1 is 0.727 bits per heavy atom. The largest absolute Gasteiger partial charge is 0.508 e. The van der Waals surface area contributed by atoms with Gasteiger partial charge in [-0.25, -0.2) is 0 Å². The van der Waals surface area contributed by atoms with Gasteiger partial charge in [-0.1, -0.05) is 24.3 Å². The summed E-state index contributed by atoms with van der Waals surface area (Å²) in [4.78, 5) is 0. The highest BCUT2D eigenvalue weighted by Crippen LogP contribution is 2.24. The molecule has 118 valence electrons. The quantitative estimate of drug-likeness (QED) is 0.729. The third-order valence-corrected chi connectivity index (χ3v) is 3.97. The van der Waals surface area contributed by atoms with Crippen molar-refractivity contribution in [3.05, 3.63) is 59.7 Å². The van der Waals surface area contributed by atoms with Gasteiger partial charge in [0.1, 0.15) is 11.5 Å². The number of hydrogen-bond donors (Lipinski definition) is 2. The normalized spacial score (nSPS) is 11.0. The summed E-state index contributed by atoms with van der Waals surface area (Å²) in [5, 5.41) is 18.3. The summed E-state index contributed by atoms with van der Waals surface area (Å²) in [5.74, 6) is 0.437. The average Bonchev–Trinajstić information content (AvgIpc) is 2.51. The second-order valence-electron chi connectivity index (χ2n) is 4.78. The molecule has 0 aliphatic carbocycles. The van der Waals surface area contributed by atoms with Crippen molar-refractivity contribution in [2.75, 3.05) is 13.2 Å². The van der Waals surface area contributed by atoms with Crippen molar-refractivity contribution in [1.82, 2.24) is 0 Å². The summed E-state index contributed by atoms with van der Waals surface area (Å²) in [6, 6.07) is 13.6. The molecular formula is C16H19O5P. The van der Waals surface area contributed by atoms with Gasteiger partial charge in [0.2, 0.25) is 0 Å². The molecule has 0 spiro atoms. The van der Waals surface area contributed by atoms with Gasteiger partial charge in [-0.15, -0.1) is 0 Å².